The number of nitrogens with zero attached hydrogens (tertiary/aromatic N) is 3. The van der Waals surface area contributed by atoms with Gasteiger partial charge in [-0.2, -0.15) is 0 Å². The highest BCUT2D eigenvalue weighted by molar-refractivity contribution is 7.99. The Hall–Kier alpha value is -5.22. The van der Waals surface area contributed by atoms with Crippen LogP contribution in [0.4, 0.5) is 5.69 Å². The topological polar surface area (TPSA) is 113 Å². The molecule has 1 unspecified atom stereocenters. The largest absolute Gasteiger partial charge is 0.494 e. The second-order valence-electron chi connectivity index (χ2n) is 25.7. The molecular weight excluding hydrogens is 1020 g/mol. The number of unbranched alkanes of at least 4 members (excludes halogenated alkanes) is 10. The number of fused-ring (bicyclic) bond motifs is 5. The van der Waals surface area contributed by atoms with Gasteiger partial charge in [0.05, 0.1) is 17.9 Å². The zero-order chi connectivity index (χ0) is 56.4. The molecule has 0 spiro atoms. The standard InChI is InChI=1S/C71H95N3O6S/c1-51(2)21-20-22-52(3)63-41-42-64-62-40-33-57-49-61(43-45-70(57,4)65(62)44-46-71(63,64)5)78-66(75)26-15-10-8-6-7-9-13-19-48-81-69-74-73-67(80-69)55-29-34-58(35-30-55)72-50-54-27-36-60(37-28-54)79-68(76)56-31-38-59(39-32-56)77-47-18-12-11-14-23-53-24-16-17-25-53/h16-17,24-25,27-39,50-53,61-65H,6-15,18-23,26,40-49H2,1-5H3/t52-,61?,62+,63-,64+,65+,70+,71-/m1/s1. The number of hydrogen-bond donors (Lipinski definition) is 0. The number of carbonyl (C=O) groups is 2. The lowest BCUT2D eigenvalue weighted by Crippen LogP contribution is -2.51. The molecule has 81 heavy (non-hydrogen) atoms. The van der Waals surface area contributed by atoms with Gasteiger partial charge in [0, 0.05) is 30.4 Å². The molecule has 436 valence electrons. The summed E-state index contributed by atoms with van der Waals surface area (Å²) in [6.07, 6.45) is 43.1. The Morgan fingerprint density at radius 1 is 0.741 bits per heavy atom. The molecule has 3 aromatic carbocycles. The van der Waals surface area contributed by atoms with Crippen molar-refractivity contribution in [3.63, 3.8) is 0 Å². The van der Waals surface area contributed by atoms with Gasteiger partial charge >= 0.3 is 11.9 Å². The highest BCUT2D eigenvalue weighted by Crippen LogP contribution is 2.67. The van der Waals surface area contributed by atoms with Gasteiger partial charge < -0.3 is 18.6 Å². The van der Waals surface area contributed by atoms with Crippen LogP contribution in [-0.2, 0) is 9.53 Å². The highest BCUT2D eigenvalue weighted by Gasteiger charge is 2.59. The van der Waals surface area contributed by atoms with Crippen molar-refractivity contribution in [2.45, 2.75) is 206 Å². The molecule has 8 atom stereocenters. The van der Waals surface area contributed by atoms with E-state index in [2.05, 4.69) is 80.2 Å². The first-order chi connectivity index (χ1) is 39.4. The van der Waals surface area contributed by atoms with Crippen molar-refractivity contribution in [3.05, 3.63) is 120 Å². The van der Waals surface area contributed by atoms with E-state index in [1.807, 2.05) is 48.5 Å². The van der Waals surface area contributed by atoms with Crippen molar-refractivity contribution in [1.29, 1.82) is 0 Å². The summed E-state index contributed by atoms with van der Waals surface area (Å²) in [5.74, 6) is 7.96. The van der Waals surface area contributed by atoms with E-state index in [0.717, 1.165) is 109 Å². The van der Waals surface area contributed by atoms with Crippen LogP contribution in [0, 0.1) is 52.3 Å². The van der Waals surface area contributed by atoms with Crippen LogP contribution < -0.4 is 9.47 Å². The van der Waals surface area contributed by atoms with Gasteiger partial charge in [0.25, 0.3) is 5.22 Å². The van der Waals surface area contributed by atoms with E-state index >= 15 is 0 Å². The summed E-state index contributed by atoms with van der Waals surface area (Å²) in [5, 5.41) is 9.17. The van der Waals surface area contributed by atoms with E-state index < -0.39 is 5.97 Å². The van der Waals surface area contributed by atoms with Crippen molar-refractivity contribution in [2.75, 3.05) is 12.4 Å². The number of aliphatic imine (C=N–C) groups is 1. The van der Waals surface area contributed by atoms with E-state index in [9.17, 15) is 9.59 Å². The Labute approximate surface area is 490 Å². The molecule has 0 radical (unpaired) electrons. The van der Waals surface area contributed by atoms with Crippen molar-refractivity contribution >= 4 is 35.6 Å². The predicted molar refractivity (Wildman–Crippen MR) is 330 cm³/mol. The lowest BCUT2D eigenvalue weighted by molar-refractivity contribution is -0.151. The average molecular weight is 1120 g/mol. The van der Waals surface area contributed by atoms with E-state index in [1.54, 1.807) is 47.8 Å². The summed E-state index contributed by atoms with van der Waals surface area (Å²) in [5.41, 5.74) is 5.41. The van der Waals surface area contributed by atoms with Gasteiger partial charge in [0.2, 0.25) is 5.89 Å². The van der Waals surface area contributed by atoms with Crippen LogP contribution >= 0.6 is 11.8 Å². The lowest BCUT2D eigenvalue weighted by atomic mass is 9.47. The molecule has 3 fully saturated rings. The number of aromatic nitrogens is 2. The van der Waals surface area contributed by atoms with E-state index in [-0.39, 0.29) is 17.5 Å². The molecule has 1 aromatic heterocycles. The van der Waals surface area contributed by atoms with Crippen LogP contribution in [0.25, 0.3) is 11.5 Å². The first-order valence-electron chi connectivity index (χ1n) is 31.8. The Kier molecular flexibility index (Phi) is 22.2. The summed E-state index contributed by atoms with van der Waals surface area (Å²) in [6.45, 7) is 13.3. The number of allylic oxidation sites excluding steroid dienone is 5. The fraction of sp³-hybridized carbons (Fsp3) is 0.592. The van der Waals surface area contributed by atoms with E-state index in [0.29, 0.717) is 46.8 Å². The lowest BCUT2D eigenvalue weighted by Gasteiger charge is -2.58. The minimum Gasteiger partial charge on any atom is -0.494 e. The van der Waals surface area contributed by atoms with Crippen molar-refractivity contribution in [3.8, 4) is 23.0 Å². The van der Waals surface area contributed by atoms with Crippen LogP contribution in [0.15, 0.2) is 123 Å². The molecule has 0 aliphatic heterocycles. The summed E-state index contributed by atoms with van der Waals surface area (Å²) in [6, 6.07) is 22.1. The third-order valence-corrected chi connectivity index (χ3v) is 20.6. The number of hydrogen-bond acceptors (Lipinski definition) is 10. The minimum atomic E-state index is -0.417. The first-order valence-corrected chi connectivity index (χ1v) is 32.8. The summed E-state index contributed by atoms with van der Waals surface area (Å²) in [4.78, 5) is 30.5. The normalized spacial score (nSPS) is 24.5. The van der Waals surface area contributed by atoms with Gasteiger partial charge in [-0.3, -0.25) is 9.79 Å². The number of carbonyl (C=O) groups excluding carboxylic acids is 2. The molecule has 9 rings (SSSR count). The molecule has 0 bridgehead atoms. The zero-order valence-corrected chi connectivity index (χ0v) is 50.6. The molecule has 3 saturated carbocycles. The molecule has 0 N–H and O–H groups in total. The van der Waals surface area contributed by atoms with Crippen molar-refractivity contribution in [1.82, 2.24) is 10.2 Å². The smallest absolute Gasteiger partial charge is 0.343 e. The predicted octanol–water partition coefficient (Wildman–Crippen LogP) is 19.3. The SMILES string of the molecule is CC(C)CCC[C@@H](C)[C@H]1CC[C@H]2[C@@H]3CC=C4CC(OC(=O)CCCCCCCCCCSc5nnc(-c6ccc(N=Cc7ccc(OC(=O)c8ccc(OCCCCCCC9C=CC=C9)cc8)cc7)cc6)o5)CC[C@]4(C)[C@H]3CC[C@]12C. The van der Waals surface area contributed by atoms with E-state index in [1.165, 1.54) is 109 Å². The third-order valence-electron chi connectivity index (χ3n) is 19.7. The van der Waals surface area contributed by atoms with Gasteiger partial charge in [-0.25, -0.2) is 4.79 Å². The van der Waals surface area contributed by atoms with Gasteiger partial charge in [-0.1, -0.05) is 159 Å². The van der Waals surface area contributed by atoms with Crippen LogP contribution in [0.3, 0.4) is 0 Å². The van der Waals surface area contributed by atoms with Gasteiger partial charge in [0.1, 0.15) is 17.6 Å². The quantitative estimate of drug-likeness (QED) is 0.0121. The van der Waals surface area contributed by atoms with Crippen LogP contribution in [0.5, 0.6) is 11.5 Å². The van der Waals surface area contributed by atoms with Gasteiger partial charge in [0.15, 0.2) is 0 Å². The fourth-order valence-corrected chi connectivity index (χ4v) is 15.7. The molecule has 5 aliphatic carbocycles. The zero-order valence-electron chi connectivity index (χ0n) is 49.8. The van der Waals surface area contributed by atoms with Crippen LogP contribution in [0.1, 0.15) is 211 Å². The number of esters is 2. The number of thioether (sulfide) groups is 1. The number of ether oxygens (including phenoxy) is 3. The van der Waals surface area contributed by atoms with Gasteiger partial charge in [-0.15, -0.1) is 10.2 Å². The molecule has 10 heteroatoms. The van der Waals surface area contributed by atoms with Crippen molar-refractivity contribution < 1.29 is 28.2 Å². The molecule has 9 nitrogen and oxygen atoms in total. The Morgan fingerprint density at radius 2 is 1.46 bits per heavy atom. The van der Waals surface area contributed by atoms with Crippen LogP contribution in [-0.4, -0.2) is 46.8 Å². The Morgan fingerprint density at radius 3 is 2.22 bits per heavy atom. The average Bonchev–Trinajstić information content (AvgIpc) is 4.41. The molecule has 1 heterocycles. The Balaban J connectivity index is 0.585. The van der Waals surface area contributed by atoms with Crippen molar-refractivity contribution in [2.24, 2.45) is 57.2 Å². The molecule has 0 amide bonds. The first kappa shape index (κ1) is 60.4. The third kappa shape index (κ3) is 16.7. The van der Waals surface area contributed by atoms with Crippen LogP contribution in [0.2, 0.25) is 0 Å². The second-order valence-corrected chi connectivity index (χ2v) is 26.8. The molecular formula is C71H95N3O6S. The summed E-state index contributed by atoms with van der Waals surface area (Å²) < 4.78 is 23.7. The number of benzene rings is 3. The molecule has 0 saturated heterocycles. The number of rotatable bonds is 31. The maximum atomic E-state index is 13.0. The molecule has 5 aliphatic rings. The fourth-order valence-electron chi connectivity index (χ4n) is 15.0. The second kappa shape index (κ2) is 29.8. The van der Waals surface area contributed by atoms with Gasteiger partial charge in [-0.05, 0) is 201 Å². The maximum Gasteiger partial charge on any atom is 0.343 e. The monoisotopic (exact) mass is 1120 g/mol. The molecule has 4 aromatic rings. The minimum absolute atomic E-state index is 0.0146. The summed E-state index contributed by atoms with van der Waals surface area (Å²) >= 11 is 1.61. The highest BCUT2D eigenvalue weighted by atomic mass is 32.2. The van der Waals surface area contributed by atoms with E-state index in [4.69, 9.17) is 18.6 Å². The summed E-state index contributed by atoms with van der Waals surface area (Å²) in [7, 11) is 0. The maximum absolute atomic E-state index is 13.0. The Bertz CT molecular complexity index is 2710.